The van der Waals surface area contributed by atoms with E-state index in [1.165, 1.54) is 12.7 Å². The van der Waals surface area contributed by atoms with Crippen LogP contribution in [0.25, 0.3) is 44.4 Å². The minimum absolute atomic E-state index is 0.102. The number of H-pyrrole nitrogens is 2. The maximum absolute atomic E-state index is 14.4. The molecule has 1 unspecified atom stereocenters. The highest BCUT2D eigenvalue weighted by Crippen LogP contribution is 2.40. The number of carbonyl (C=O) groups is 4. The van der Waals surface area contributed by atoms with E-state index in [-0.39, 0.29) is 42.3 Å². The molecule has 4 atom stereocenters. The van der Waals surface area contributed by atoms with Gasteiger partial charge in [-0.3, -0.25) is 19.3 Å². The number of carbonyl (C=O) groups excluding carboxylic acids is 4. The fourth-order valence-electron chi connectivity index (χ4n) is 10.5. The van der Waals surface area contributed by atoms with Crippen molar-refractivity contribution >= 4 is 34.6 Å². The molecule has 0 radical (unpaired) electrons. The molecule has 4 aliphatic rings. The highest BCUT2D eigenvalue weighted by Gasteiger charge is 2.39. The van der Waals surface area contributed by atoms with E-state index in [1.807, 2.05) is 60.2 Å². The molecule has 2 aromatic heterocycles. The molecule has 3 aliphatic heterocycles. The predicted octanol–water partition coefficient (Wildman–Crippen LogP) is 7.28. The van der Waals surface area contributed by atoms with Crippen molar-refractivity contribution in [3.8, 4) is 33.6 Å². The summed E-state index contributed by atoms with van der Waals surface area (Å²) in [6.45, 7) is 7.81. The molecule has 4 amide bonds. The average Bonchev–Trinajstić information content (AvgIpc) is 4.22. The van der Waals surface area contributed by atoms with Crippen LogP contribution in [0.5, 0.6) is 0 Å². The Kier molecular flexibility index (Phi) is 12.8. The van der Waals surface area contributed by atoms with E-state index >= 15 is 0 Å². The Morgan fingerprint density at radius 1 is 0.765 bits per heavy atom. The molecule has 0 spiro atoms. The first-order valence-corrected chi connectivity index (χ1v) is 24.0. The van der Waals surface area contributed by atoms with Gasteiger partial charge in [-0.1, -0.05) is 86.6 Å². The number of methoxy groups -OCH3 is 1. The van der Waals surface area contributed by atoms with E-state index in [9.17, 15) is 19.2 Å². The summed E-state index contributed by atoms with van der Waals surface area (Å²) in [4.78, 5) is 76.4. The van der Waals surface area contributed by atoms with Crippen molar-refractivity contribution in [3.05, 3.63) is 120 Å². The number of alkyl carbamates (subject to hydrolysis) is 1. The number of benzene rings is 4. The van der Waals surface area contributed by atoms with Gasteiger partial charge in [0.05, 0.1) is 62.2 Å². The first-order valence-electron chi connectivity index (χ1n) is 24.0. The van der Waals surface area contributed by atoms with E-state index in [4.69, 9.17) is 19.4 Å². The minimum atomic E-state index is -0.805. The Bertz CT molecular complexity index is 2830. The topological polar surface area (TPSA) is 178 Å². The van der Waals surface area contributed by atoms with Crippen molar-refractivity contribution in [2.75, 3.05) is 53.0 Å². The first-order chi connectivity index (χ1) is 33.1. The van der Waals surface area contributed by atoms with E-state index in [0.717, 1.165) is 106 Å². The van der Waals surface area contributed by atoms with Crippen molar-refractivity contribution in [2.45, 2.75) is 76.5 Å². The van der Waals surface area contributed by atoms with Crippen LogP contribution in [0.1, 0.15) is 86.1 Å². The molecule has 68 heavy (non-hydrogen) atoms. The van der Waals surface area contributed by atoms with Gasteiger partial charge in [-0.2, -0.15) is 0 Å². The molecule has 15 heteroatoms. The standard InChI is InChI=1S/C53H59N9O6/c1-32(2)46(59-53(66)67-3)51(64)62-22-8-12-44(62)50-55-41-20-18-38-28-37(17-19-40(38)48(41)58-50)34-13-14-36-29-39(16-15-35(36)27-34)42-30-54-49(56-42)43-11-7-21-61(43)52(65)47(33-9-5-4-6-10-33)57-45(63)31-60-23-25-68-26-24-60/h4-6,9-10,13-17,19,27-30,32,43-44,46-47H,7-8,11-12,18,20-26,31H2,1-3H3,(H,54,56)(H,55,58)(H,57,63)(H,59,66)/t43-,44?,46-,47+/m0/s1. The van der Waals surface area contributed by atoms with Crippen LogP contribution < -0.4 is 10.6 Å². The zero-order valence-corrected chi connectivity index (χ0v) is 38.9. The highest BCUT2D eigenvalue weighted by molar-refractivity contribution is 5.92. The minimum Gasteiger partial charge on any atom is -0.453 e. The summed E-state index contributed by atoms with van der Waals surface area (Å²) in [7, 11) is 1.30. The van der Waals surface area contributed by atoms with Crippen LogP contribution in [-0.4, -0.2) is 118 Å². The zero-order chi connectivity index (χ0) is 46.9. The molecular formula is C53H59N9O6. The third kappa shape index (κ3) is 9.12. The van der Waals surface area contributed by atoms with Crippen molar-refractivity contribution in [2.24, 2.45) is 5.92 Å². The molecule has 1 aliphatic carbocycles. The number of nitrogens with zero attached hydrogens (tertiary/aromatic N) is 5. The summed E-state index contributed by atoms with van der Waals surface area (Å²) in [5.74, 6) is 0.989. The van der Waals surface area contributed by atoms with Gasteiger partial charge in [0.1, 0.15) is 23.7 Å². The molecule has 3 saturated heterocycles. The molecule has 15 nitrogen and oxygen atoms in total. The van der Waals surface area contributed by atoms with Crippen LogP contribution in [0, 0.1) is 5.92 Å². The lowest BCUT2D eigenvalue weighted by Gasteiger charge is -2.30. The smallest absolute Gasteiger partial charge is 0.407 e. The summed E-state index contributed by atoms with van der Waals surface area (Å²) in [5.41, 5.74) is 9.33. The van der Waals surface area contributed by atoms with Crippen LogP contribution in [0.4, 0.5) is 4.79 Å². The molecule has 4 aromatic carbocycles. The quantitative estimate of drug-likeness (QED) is 0.0983. The van der Waals surface area contributed by atoms with Gasteiger partial charge >= 0.3 is 6.09 Å². The number of hydrogen-bond acceptors (Lipinski definition) is 9. The number of rotatable bonds is 12. The predicted molar refractivity (Wildman–Crippen MR) is 258 cm³/mol. The third-order valence-corrected chi connectivity index (χ3v) is 14.1. The van der Waals surface area contributed by atoms with Crippen LogP contribution in [0.15, 0.2) is 91.1 Å². The Morgan fingerprint density at radius 2 is 1.44 bits per heavy atom. The Labute approximate surface area is 396 Å². The number of amides is 4. The number of imidazole rings is 2. The summed E-state index contributed by atoms with van der Waals surface area (Å²) in [5, 5.41) is 8.03. The van der Waals surface area contributed by atoms with Crippen LogP contribution in [-0.2, 0) is 36.7 Å². The maximum atomic E-state index is 14.4. The second-order valence-corrected chi connectivity index (χ2v) is 18.8. The molecule has 3 fully saturated rings. The largest absolute Gasteiger partial charge is 0.453 e. The molecule has 10 rings (SSSR count). The fourth-order valence-corrected chi connectivity index (χ4v) is 10.5. The number of likely N-dealkylation sites (tertiary alicyclic amines) is 2. The number of hydrogen-bond donors (Lipinski definition) is 4. The van der Waals surface area contributed by atoms with Gasteiger partial charge in [-0.15, -0.1) is 0 Å². The normalized spacial score (nSPS) is 19.1. The number of morpholine rings is 1. The van der Waals surface area contributed by atoms with Crippen molar-refractivity contribution in [1.29, 1.82) is 0 Å². The molecule has 6 aromatic rings. The van der Waals surface area contributed by atoms with E-state index < -0.39 is 18.2 Å². The third-order valence-electron chi connectivity index (χ3n) is 14.1. The van der Waals surface area contributed by atoms with Crippen molar-refractivity contribution in [1.82, 2.24) is 45.3 Å². The van der Waals surface area contributed by atoms with Gasteiger partial charge in [0, 0.05) is 37.3 Å². The summed E-state index contributed by atoms with van der Waals surface area (Å²) >= 11 is 0. The van der Waals surface area contributed by atoms with Gasteiger partial charge in [0.25, 0.3) is 0 Å². The number of aryl methyl sites for hydroxylation is 2. The van der Waals surface area contributed by atoms with Gasteiger partial charge in [0.15, 0.2) is 0 Å². The number of ether oxygens (including phenoxy) is 2. The Hall–Kier alpha value is -6.84. The molecule has 0 saturated carbocycles. The first kappa shape index (κ1) is 45.0. The lowest BCUT2D eigenvalue weighted by molar-refractivity contribution is -0.138. The second kappa shape index (κ2) is 19.4. The van der Waals surface area contributed by atoms with Gasteiger partial charge in [-0.25, -0.2) is 14.8 Å². The number of fused-ring (bicyclic) bond motifs is 4. The molecule has 0 bridgehead atoms. The lowest BCUT2D eigenvalue weighted by Crippen LogP contribution is -2.51. The lowest BCUT2D eigenvalue weighted by atomic mass is 9.89. The fraction of sp³-hybridized carbons (Fsp3) is 0.396. The van der Waals surface area contributed by atoms with Crippen LogP contribution in [0.3, 0.4) is 0 Å². The second-order valence-electron chi connectivity index (χ2n) is 18.8. The maximum Gasteiger partial charge on any atom is 0.407 e. The molecule has 352 valence electrons. The summed E-state index contributed by atoms with van der Waals surface area (Å²) in [6, 6.07) is 27.2. The molecule has 4 N–H and O–H groups in total. The molecular weight excluding hydrogens is 859 g/mol. The average molecular weight is 918 g/mol. The zero-order valence-electron chi connectivity index (χ0n) is 38.9. The number of aromatic amines is 2. The molecule has 5 heterocycles. The van der Waals surface area contributed by atoms with Crippen LogP contribution >= 0.6 is 0 Å². The van der Waals surface area contributed by atoms with Crippen molar-refractivity contribution < 1.29 is 28.7 Å². The van der Waals surface area contributed by atoms with E-state index in [2.05, 4.69) is 80.1 Å². The van der Waals surface area contributed by atoms with Gasteiger partial charge in [-0.05, 0) is 89.6 Å². The SMILES string of the molecule is COC(=O)N[C@H](C(=O)N1CCCC1c1nc2c([nH]1)-c1ccc(-c3ccc4cc(-c5cnc([C@@H]6CCCN6C(=O)[C@H](NC(=O)CN6CCOCC6)c6ccccc6)[nH]5)ccc4c3)cc1CC2)C(C)C. The van der Waals surface area contributed by atoms with Gasteiger partial charge < -0.3 is 39.9 Å². The highest BCUT2D eigenvalue weighted by atomic mass is 16.5. The number of nitrogens with one attached hydrogen (secondary N) is 4. The van der Waals surface area contributed by atoms with E-state index in [0.29, 0.717) is 39.4 Å². The summed E-state index contributed by atoms with van der Waals surface area (Å²) < 4.78 is 10.3. The van der Waals surface area contributed by atoms with E-state index in [1.54, 1.807) is 0 Å². The van der Waals surface area contributed by atoms with Gasteiger partial charge in [0.2, 0.25) is 17.7 Å². The Morgan fingerprint density at radius 3 is 2.18 bits per heavy atom. The summed E-state index contributed by atoms with van der Waals surface area (Å²) in [6.07, 6.45) is 6.17. The Balaban J connectivity index is 0.828. The van der Waals surface area contributed by atoms with Crippen molar-refractivity contribution in [3.63, 3.8) is 0 Å². The number of aromatic nitrogens is 4. The monoisotopic (exact) mass is 917 g/mol. The van der Waals surface area contributed by atoms with Crippen LogP contribution in [0.2, 0.25) is 0 Å².